The number of carbonyl (C=O) groups is 2. The number of fused-ring (bicyclic) bond motifs is 5. The third kappa shape index (κ3) is 21.1. The first-order valence-electron chi connectivity index (χ1n) is 47.7. The molecule has 5 saturated heterocycles. The number of aromatic nitrogens is 20. The van der Waals surface area contributed by atoms with E-state index in [1.165, 1.54) is 52.1 Å². The molecule has 2 saturated carbocycles. The first kappa shape index (κ1) is 92.5. The van der Waals surface area contributed by atoms with Crippen molar-refractivity contribution in [3.05, 3.63) is 311 Å². The highest BCUT2D eigenvalue weighted by Crippen LogP contribution is 2.36. The number of benzene rings is 5. The number of hydrogen-bond donors (Lipinski definition) is 5. The predicted octanol–water partition coefficient (Wildman–Crippen LogP) is 13.7. The number of piperidine rings is 2. The highest BCUT2D eigenvalue weighted by atomic mass is 16.5. The van der Waals surface area contributed by atoms with Crippen molar-refractivity contribution < 1.29 is 19.1 Å². The Morgan fingerprint density at radius 1 is 0.350 bits per heavy atom. The SMILES string of the molecule is C=C(C)N1CCC(n2ncc3c(=O)[nH]c(Cc4ccccc4)nc32)C1.C=C(c1ccccc1)N1CCC(n2ncc3c(=O)[nH]c(CC4CCC4)nc32)C1.C=C(c1ccccc1)N1CCC(n2ncc3c(=O)[nH]c(Cc4ccccc4OC)nc32)C1.CC(=O)N1CCC(n2ncc3c(=O)[nH]c(Cc4ccccc4)nc32)CC1.COC(=O)N1CCCC(n2ncc3c(=O)[nH]c(CC4CCCC4)nc32)C1. The van der Waals surface area contributed by atoms with Gasteiger partial charge in [-0.25, -0.2) is 53.1 Å². The lowest BCUT2D eigenvalue weighted by atomic mass is 9.83. The van der Waals surface area contributed by atoms with E-state index < -0.39 is 0 Å². The van der Waals surface area contributed by atoms with Crippen LogP contribution in [0.3, 0.4) is 0 Å². The van der Waals surface area contributed by atoms with Crippen LogP contribution in [0.4, 0.5) is 4.79 Å². The van der Waals surface area contributed by atoms with Gasteiger partial charge < -0.3 is 58.9 Å². The Balaban J connectivity index is 0.000000114. The molecule has 15 heterocycles. The fraction of sp³-hybridized carbons (Fsp3) is 0.388. The number of carbonyl (C=O) groups excluding carboxylic acids is 2. The van der Waals surface area contributed by atoms with Crippen LogP contribution < -0.4 is 32.5 Å². The van der Waals surface area contributed by atoms with Gasteiger partial charge >= 0.3 is 6.09 Å². The Hall–Kier alpha value is -15.0. The molecule has 4 atom stereocenters. The molecule has 34 heteroatoms. The number of methoxy groups -OCH3 is 2. The van der Waals surface area contributed by atoms with Crippen LogP contribution in [-0.2, 0) is 41.6 Å². The van der Waals surface area contributed by atoms with Crippen LogP contribution in [0.15, 0.2) is 226 Å². The second kappa shape index (κ2) is 41.9. The van der Waals surface area contributed by atoms with E-state index in [9.17, 15) is 33.6 Å². The smallest absolute Gasteiger partial charge is 0.409 e. The third-order valence-electron chi connectivity index (χ3n) is 27.7. The van der Waals surface area contributed by atoms with E-state index >= 15 is 0 Å². The minimum atomic E-state index is -0.320. The van der Waals surface area contributed by atoms with Gasteiger partial charge in [-0.3, -0.25) is 28.8 Å². The second-order valence-electron chi connectivity index (χ2n) is 36.8. The van der Waals surface area contributed by atoms with E-state index in [0.717, 1.165) is 165 Å². The number of para-hydroxylation sites is 1. The molecule has 15 aromatic rings. The van der Waals surface area contributed by atoms with Gasteiger partial charge in [-0.05, 0) is 92.0 Å². The fourth-order valence-electron chi connectivity index (χ4n) is 19.9. The quantitative estimate of drug-likeness (QED) is 0.0446. The normalized spacial score (nSPS) is 17.9. The molecule has 22 rings (SSSR count). The molecule has 7 aliphatic rings. The molecule has 5 aliphatic heterocycles. The van der Waals surface area contributed by atoms with Gasteiger partial charge in [0.2, 0.25) is 5.91 Å². The van der Waals surface area contributed by atoms with Crippen molar-refractivity contribution >= 4 is 78.6 Å². The van der Waals surface area contributed by atoms with Crippen molar-refractivity contribution in [1.29, 1.82) is 0 Å². The number of H-pyrrole nitrogens is 5. The van der Waals surface area contributed by atoms with Gasteiger partial charge in [0.25, 0.3) is 27.8 Å². The Morgan fingerprint density at radius 2 is 0.679 bits per heavy atom. The molecule has 137 heavy (non-hydrogen) atoms. The maximum atomic E-state index is 12.7. The fourth-order valence-corrected chi connectivity index (χ4v) is 19.9. The lowest BCUT2D eigenvalue weighted by Gasteiger charge is -2.31. The van der Waals surface area contributed by atoms with E-state index in [0.29, 0.717) is 124 Å². The molecular formula is C103H117N25O9. The molecule has 2 amide bonds. The zero-order chi connectivity index (χ0) is 94.7. The number of ether oxygens (including phenoxy) is 2. The van der Waals surface area contributed by atoms with Gasteiger partial charge in [0.15, 0.2) is 28.2 Å². The summed E-state index contributed by atoms with van der Waals surface area (Å²) in [5.41, 5.74) is 11.1. The van der Waals surface area contributed by atoms with E-state index in [1.54, 1.807) is 49.9 Å². The minimum Gasteiger partial charge on any atom is -0.496 e. The number of hydrogen-bond acceptors (Lipinski definition) is 22. The van der Waals surface area contributed by atoms with Gasteiger partial charge in [0, 0.05) is 127 Å². The number of nitrogens with one attached hydrogen (secondary N) is 5. The molecule has 7 fully saturated rings. The minimum absolute atomic E-state index is 0.00832. The third-order valence-corrected chi connectivity index (χ3v) is 27.7. The molecule has 5 aromatic carbocycles. The largest absolute Gasteiger partial charge is 0.496 e. The summed E-state index contributed by atoms with van der Waals surface area (Å²) in [6, 6.07) is 48.9. The molecule has 2 aliphatic carbocycles. The van der Waals surface area contributed by atoms with Crippen molar-refractivity contribution in [2.75, 3.05) is 79.7 Å². The van der Waals surface area contributed by atoms with Gasteiger partial charge in [0.1, 0.15) is 61.8 Å². The standard InChI is InChI=1S/C25H25N5O2.C22H25N5O.C19H21N5O2.C19H21N5O.C18H25N5O3/c1-17(18-8-4-3-5-9-18)29-13-12-20(16-29)30-24-21(15-26-30)25(31)28-23(27-24)14-19-10-6-7-11-22(19)32-2;1-15(17-8-3-2-4-9-17)26-11-10-18(14-26)27-21-19(13-23-27)22(28)25-20(24-21)12-16-6-5-7-16;1-13(25)23-9-7-15(8-10-23)24-18-16(12-20-24)19(26)22-17(21-18)11-14-5-3-2-4-6-14;1-13(2)23-9-8-15(12-23)24-18-16(11-20-24)19(25)22-17(21-18)10-14-6-4-3-5-7-14;1-26-18(25)22-8-4-7-13(11-22)23-16-14(10-19-23)17(24)21-15(20-16)9-12-5-2-3-6-12/h3-11,15,20H,1,12-14,16H2,2H3,(H,27,28,31);2-4,8-9,13,16,18H,1,5-7,10-12,14H2,(H,24,25,28);2-6,12,15H,7-11H2,1H3,(H,21,22,26);3-7,11,15H,1,8-10,12H2,2H3,(H,21,22,25);10,12-13H,2-9,11H2,1H3,(H,20,21,24). The van der Waals surface area contributed by atoms with E-state index in [4.69, 9.17) is 29.4 Å². The summed E-state index contributed by atoms with van der Waals surface area (Å²) < 4.78 is 19.7. The van der Waals surface area contributed by atoms with Crippen molar-refractivity contribution in [3.8, 4) is 5.75 Å². The molecule has 34 nitrogen and oxygen atoms in total. The summed E-state index contributed by atoms with van der Waals surface area (Å²) in [7, 11) is 3.04. The van der Waals surface area contributed by atoms with Crippen molar-refractivity contribution in [2.45, 2.75) is 166 Å². The highest BCUT2D eigenvalue weighted by Gasteiger charge is 2.34. The Bertz CT molecular complexity index is 7160. The maximum absolute atomic E-state index is 12.7. The molecule has 0 spiro atoms. The van der Waals surface area contributed by atoms with Crippen molar-refractivity contribution in [1.82, 2.24) is 123 Å². The summed E-state index contributed by atoms with van der Waals surface area (Å²) in [6.07, 6.45) is 26.0. The maximum Gasteiger partial charge on any atom is 0.409 e. The predicted molar refractivity (Wildman–Crippen MR) is 526 cm³/mol. The summed E-state index contributed by atoms with van der Waals surface area (Å²) >= 11 is 0. The monoisotopic (exact) mass is 1850 g/mol. The topological polar surface area (TPSA) is 387 Å². The zero-order valence-electron chi connectivity index (χ0n) is 78.0. The van der Waals surface area contributed by atoms with Crippen molar-refractivity contribution in [3.63, 3.8) is 0 Å². The summed E-state index contributed by atoms with van der Waals surface area (Å²) in [4.78, 5) is 134. The van der Waals surface area contributed by atoms with Crippen LogP contribution in [0.1, 0.15) is 191 Å². The van der Waals surface area contributed by atoms with Gasteiger partial charge in [0.05, 0.1) is 75.4 Å². The lowest BCUT2D eigenvalue weighted by Crippen LogP contribution is -2.40. The summed E-state index contributed by atoms with van der Waals surface area (Å²) in [5.74, 6) is 5.59. The van der Waals surface area contributed by atoms with E-state index in [2.05, 4.69) is 114 Å². The molecule has 5 N–H and O–H groups in total. The number of aromatic amines is 5. The average molecular weight is 1850 g/mol. The number of allylic oxidation sites excluding steroid dienone is 1. The van der Waals surface area contributed by atoms with Crippen LogP contribution in [0.5, 0.6) is 5.75 Å². The van der Waals surface area contributed by atoms with Crippen LogP contribution in [0, 0.1) is 11.8 Å². The number of amides is 2. The molecule has 708 valence electrons. The molecule has 4 unspecified atom stereocenters. The first-order valence-corrected chi connectivity index (χ1v) is 47.7. The van der Waals surface area contributed by atoms with Crippen molar-refractivity contribution in [2.24, 2.45) is 11.8 Å². The Morgan fingerprint density at radius 3 is 1.06 bits per heavy atom. The molecule has 0 bridgehead atoms. The van der Waals surface area contributed by atoms with E-state index in [1.807, 2.05) is 157 Å². The Labute approximate surface area is 790 Å². The lowest BCUT2D eigenvalue weighted by molar-refractivity contribution is -0.130. The Kier molecular flexibility index (Phi) is 28.3. The number of rotatable bonds is 21. The number of likely N-dealkylation sites (tertiary alicyclic amines) is 5. The van der Waals surface area contributed by atoms with Gasteiger partial charge in [-0.15, -0.1) is 0 Å². The first-order chi connectivity index (χ1) is 66.7. The van der Waals surface area contributed by atoms with Gasteiger partial charge in [-0.2, -0.15) is 25.5 Å². The molecule has 0 radical (unpaired) electrons. The summed E-state index contributed by atoms with van der Waals surface area (Å²) in [6.45, 7) is 24.1. The zero-order valence-corrected chi connectivity index (χ0v) is 78.0. The van der Waals surface area contributed by atoms with Gasteiger partial charge in [-0.1, -0.05) is 204 Å². The number of nitrogens with zero attached hydrogens (tertiary/aromatic N) is 20. The highest BCUT2D eigenvalue weighted by molar-refractivity contribution is 5.78. The van der Waals surface area contributed by atoms with Crippen LogP contribution >= 0.6 is 0 Å². The van der Waals surface area contributed by atoms with E-state index in [-0.39, 0.29) is 70.0 Å². The summed E-state index contributed by atoms with van der Waals surface area (Å²) in [5, 5.41) is 25.0. The van der Waals surface area contributed by atoms with Crippen LogP contribution in [0.25, 0.3) is 66.6 Å². The second-order valence-corrected chi connectivity index (χ2v) is 36.8. The van der Waals surface area contributed by atoms with Crippen LogP contribution in [0.2, 0.25) is 0 Å². The molecule has 10 aromatic heterocycles. The average Bonchev–Trinajstić information content (AvgIpc) is 1.64. The van der Waals surface area contributed by atoms with Crippen LogP contribution in [-0.4, -0.2) is 215 Å². The molecular weight excluding hydrogens is 1730 g/mol.